The normalized spacial score (nSPS) is 10.8. The minimum Gasteiger partial charge on any atom is -0.497 e. The van der Waals surface area contributed by atoms with E-state index < -0.39 is 0 Å². The Hall–Kier alpha value is -2.93. The number of hydrogen-bond donors (Lipinski definition) is 3. The summed E-state index contributed by atoms with van der Waals surface area (Å²) >= 11 is 0. The van der Waals surface area contributed by atoms with Crippen LogP contribution in [0.2, 0.25) is 0 Å². The lowest BCUT2D eigenvalue weighted by Gasteiger charge is -2.08. The maximum absolute atomic E-state index is 5.85. The molecule has 0 aliphatic rings. The molecule has 118 valence electrons. The summed E-state index contributed by atoms with van der Waals surface area (Å²) < 4.78 is 5.21. The van der Waals surface area contributed by atoms with Gasteiger partial charge in [0.05, 0.1) is 18.3 Å². The molecule has 0 bridgehead atoms. The van der Waals surface area contributed by atoms with E-state index in [0.717, 1.165) is 17.0 Å². The first kappa shape index (κ1) is 15.0. The molecule has 0 aliphatic heterocycles. The SMILES string of the molecule is COc1cccc(CNCc2ccc3nc(N)nc(N)c3n2)c1. The number of anilines is 2. The number of ether oxygens (including phenoxy) is 1. The largest absolute Gasteiger partial charge is 0.497 e. The van der Waals surface area contributed by atoms with Crippen LogP contribution >= 0.6 is 0 Å². The minimum atomic E-state index is 0.153. The number of methoxy groups -OCH3 is 1. The molecule has 0 saturated heterocycles. The molecule has 0 radical (unpaired) electrons. The summed E-state index contributed by atoms with van der Waals surface area (Å²) in [5, 5.41) is 3.34. The minimum absolute atomic E-state index is 0.153. The molecule has 0 saturated carbocycles. The fourth-order valence-electron chi connectivity index (χ4n) is 2.31. The standard InChI is InChI=1S/C16H18N6O/c1-23-12-4-2-3-10(7-12)8-19-9-11-5-6-13-14(20-11)15(17)22-16(18)21-13/h2-7,19H,8-9H2,1H3,(H4,17,18,21,22). The van der Waals surface area contributed by atoms with Crippen molar-refractivity contribution in [2.24, 2.45) is 0 Å². The summed E-state index contributed by atoms with van der Waals surface area (Å²) in [5.74, 6) is 1.29. The number of rotatable bonds is 5. The second-order valence-corrected chi connectivity index (χ2v) is 5.09. The van der Waals surface area contributed by atoms with Gasteiger partial charge in [0.15, 0.2) is 5.82 Å². The van der Waals surface area contributed by atoms with Crippen LogP contribution in [0.3, 0.4) is 0 Å². The van der Waals surface area contributed by atoms with Crippen LogP contribution in [0.5, 0.6) is 5.75 Å². The third-order valence-electron chi connectivity index (χ3n) is 3.41. The predicted octanol–water partition coefficient (Wildman–Crippen LogP) is 1.49. The van der Waals surface area contributed by atoms with Crippen molar-refractivity contribution in [3.8, 4) is 5.75 Å². The van der Waals surface area contributed by atoms with Crippen LogP contribution in [0.15, 0.2) is 36.4 Å². The second kappa shape index (κ2) is 6.45. The highest BCUT2D eigenvalue weighted by atomic mass is 16.5. The molecule has 0 spiro atoms. The summed E-state index contributed by atoms with van der Waals surface area (Å²) in [6.45, 7) is 1.32. The molecule has 0 atom stereocenters. The van der Waals surface area contributed by atoms with Gasteiger partial charge in [0, 0.05) is 13.1 Å². The molecular formula is C16H18N6O. The Labute approximate surface area is 133 Å². The van der Waals surface area contributed by atoms with Crippen molar-refractivity contribution < 1.29 is 4.74 Å². The van der Waals surface area contributed by atoms with Crippen LogP contribution in [0, 0.1) is 0 Å². The van der Waals surface area contributed by atoms with Gasteiger partial charge in [0.25, 0.3) is 0 Å². The number of nitrogens with zero attached hydrogens (tertiary/aromatic N) is 3. The van der Waals surface area contributed by atoms with Crippen molar-refractivity contribution in [2.45, 2.75) is 13.1 Å². The quantitative estimate of drug-likeness (QED) is 0.654. The molecule has 3 aromatic rings. The van der Waals surface area contributed by atoms with Crippen molar-refractivity contribution in [2.75, 3.05) is 18.6 Å². The smallest absolute Gasteiger partial charge is 0.222 e. The van der Waals surface area contributed by atoms with E-state index in [-0.39, 0.29) is 5.95 Å². The molecule has 5 N–H and O–H groups in total. The number of benzene rings is 1. The van der Waals surface area contributed by atoms with Crippen LogP contribution in [0.1, 0.15) is 11.3 Å². The van der Waals surface area contributed by atoms with Crippen LogP contribution in [-0.4, -0.2) is 22.1 Å². The Morgan fingerprint density at radius 2 is 1.91 bits per heavy atom. The maximum Gasteiger partial charge on any atom is 0.222 e. The van der Waals surface area contributed by atoms with Crippen molar-refractivity contribution in [1.29, 1.82) is 0 Å². The second-order valence-electron chi connectivity index (χ2n) is 5.09. The van der Waals surface area contributed by atoms with Crippen molar-refractivity contribution >= 4 is 22.8 Å². The lowest BCUT2D eigenvalue weighted by Crippen LogP contribution is -2.14. The first-order valence-electron chi connectivity index (χ1n) is 7.18. The van der Waals surface area contributed by atoms with Crippen molar-refractivity contribution in [1.82, 2.24) is 20.3 Å². The number of fused-ring (bicyclic) bond motifs is 1. The molecule has 1 aromatic carbocycles. The molecule has 2 heterocycles. The van der Waals surface area contributed by atoms with E-state index in [4.69, 9.17) is 16.2 Å². The van der Waals surface area contributed by atoms with Gasteiger partial charge in [-0.3, -0.25) is 0 Å². The molecule has 2 aromatic heterocycles. The Balaban J connectivity index is 1.69. The van der Waals surface area contributed by atoms with Gasteiger partial charge < -0.3 is 21.5 Å². The summed E-state index contributed by atoms with van der Waals surface area (Å²) in [4.78, 5) is 12.5. The first-order valence-corrected chi connectivity index (χ1v) is 7.18. The van der Waals surface area contributed by atoms with Gasteiger partial charge in [-0.2, -0.15) is 4.98 Å². The van der Waals surface area contributed by atoms with Crippen LogP contribution in [-0.2, 0) is 13.1 Å². The van der Waals surface area contributed by atoms with Gasteiger partial charge in [-0.25, -0.2) is 9.97 Å². The summed E-state index contributed by atoms with van der Waals surface area (Å²) in [7, 11) is 1.66. The third kappa shape index (κ3) is 3.46. The molecule has 7 heteroatoms. The van der Waals surface area contributed by atoms with E-state index in [9.17, 15) is 0 Å². The van der Waals surface area contributed by atoms with Gasteiger partial charge in [-0.05, 0) is 29.8 Å². The Bertz CT molecular complexity index is 836. The van der Waals surface area contributed by atoms with Crippen molar-refractivity contribution in [3.05, 3.63) is 47.7 Å². The van der Waals surface area contributed by atoms with E-state index in [2.05, 4.69) is 20.3 Å². The highest BCUT2D eigenvalue weighted by Gasteiger charge is 2.06. The summed E-state index contributed by atoms with van der Waals surface area (Å²) in [5.41, 5.74) is 14.6. The predicted molar refractivity (Wildman–Crippen MR) is 89.7 cm³/mol. The van der Waals surface area contributed by atoms with Gasteiger partial charge in [-0.15, -0.1) is 0 Å². The lowest BCUT2D eigenvalue weighted by molar-refractivity contribution is 0.414. The number of nitrogens with one attached hydrogen (secondary N) is 1. The van der Waals surface area contributed by atoms with Crippen LogP contribution in [0.25, 0.3) is 11.0 Å². The Morgan fingerprint density at radius 3 is 2.74 bits per heavy atom. The van der Waals surface area contributed by atoms with E-state index >= 15 is 0 Å². The molecule has 3 rings (SSSR count). The van der Waals surface area contributed by atoms with Gasteiger partial charge in [-0.1, -0.05) is 12.1 Å². The number of pyridine rings is 1. The van der Waals surface area contributed by atoms with E-state index in [1.54, 1.807) is 7.11 Å². The zero-order chi connectivity index (χ0) is 16.2. The fraction of sp³-hybridized carbons (Fsp3) is 0.188. The third-order valence-corrected chi connectivity index (χ3v) is 3.41. The van der Waals surface area contributed by atoms with Gasteiger partial charge in [0.1, 0.15) is 11.3 Å². The van der Waals surface area contributed by atoms with Gasteiger partial charge in [0.2, 0.25) is 5.95 Å². The summed E-state index contributed by atoms with van der Waals surface area (Å²) in [6.07, 6.45) is 0. The first-order chi connectivity index (χ1) is 11.2. The maximum atomic E-state index is 5.85. The van der Waals surface area contributed by atoms with E-state index in [1.165, 1.54) is 0 Å². The molecule has 0 fully saturated rings. The molecule has 0 amide bonds. The number of nitrogens with two attached hydrogens (primary N) is 2. The highest BCUT2D eigenvalue weighted by Crippen LogP contribution is 2.17. The fourth-order valence-corrected chi connectivity index (χ4v) is 2.31. The topological polar surface area (TPSA) is 112 Å². The number of nitrogen functional groups attached to an aromatic ring is 2. The molecular weight excluding hydrogens is 292 g/mol. The zero-order valence-corrected chi connectivity index (χ0v) is 12.8. The Morgan fingerprint density at radius 1 is 1.04 bits per heavy atom. The van der Waals surface area contributed by atoms with E-state index in [1.807, 2.05) is 36.4 Å². The van der Waals surface area contributed by atoms with Crippen LogP contribution < -0.4 is 21.5 Å². The zero-order valence-electron chi connectivity index (χ0n) is 12.8. The number of hydrogen-bond acceptors (Lipinski definition) is 7. The molecule has 0 unspecified atom stereocenters. The number of aromatic nitrogens is 3. The monoisotopic (exact) mass is 310 g/mol. The summed E-state index contributed by atoms with van der Waals surface area (Å²) in [6, 6.07) is 11.7. The van der Waals surface area contributed by atoms with Crippen molar-refractivity contribution in [3.63, 3.8) is 0 Å². The molecule has 23 heavy (non-hydrogen) atoms. The Kier molecular flexibility index (Phi) is 4.20. The molecule has 7 nitrogen and oxygen atoms in total. The van der Waals surface area contributed by atoms with Gasteiger partial charge >= 0.3 is 0 Å². The average molecular weight is 310 g/mol. The lowest BCUT2D eigenvalue weighted by atomic mass is 10.2. The van der Waals surface area contributed by atoms with E-state index in [0.29, 0.717) is 29.9 Å². The average Bonchev–Trinajstić information content (AvgIpc) is 2.55. The highest BCUT2D eigenvalue weighted by molar-refractivity contribution is 5.84. The van der Waals surface area contributed by atoms with Crippen LogP contribution in [0.4, 0.5) is 11.8 Å². The molecule has 0 aliphatic carbocycles.